The van der Waals surface area contributed by atoms with Crippen LogP contribution in [0.3, 0.4) is 0 Å². The van der Waals surface area contributed by atoms with Gasteiger partial charge in [-0.05, 0) is 49.6 Å². The molecule has 1 amide bonds. The minimum absolute atomic E-state index is 0.0201. The molecule has 3 heterocycles. The molecule has 0 saturated heterocycles. The molecule has 0 bridgehead atoms. The third kappa shape index (κ3) is 4.67. The molecule has 1 aromatic carbocycles. The number of anilines is 1. The maximum atomic E-state index is 12.8. The number of amides is 1. The monoisotopic (exact) mass is 445 g/mol. The van der Waals surface area contributed by atoms with Crippen molar-refractivity contribution in [1.29, 1.82) is 0 Å². The summed E-state index contributed by atoms with van der Waals surface area (Å²) < 4.78 is 4.16. The Morgan fingerprint density at radius 3 is 2.67 bits per heavy atom. The minimum atomic E-state index is 0.0201. The molecular formula is C26H33N6O+. The van der Waals surface area contributed by atoms with E-state index in [1.807, 2.05) is 45.3 Å². The van der Waals surface area contributed by atoms with Crippen LogP contribution in [0.4, 0.5) is 5.95 Å². The second-order valence-corrected chi connectivity index (χ2v) is 8.99. The molecule has 33 heavy (non-hydrogen) atoms. The fourth-order valence-corrected chi connectivity index (χ4v) is 4.47. The van der Waals surface area contributed by atoms with E-state index in [1.165, 1.54) is 11.3 Å². The normalized spacial score (nSPS) is 13.5. The van der Waals surface area contributed by atoms with E-state index in [-0.39, 0.29) is 5.91 Å². The summed E-state index contributed by atoms with van der Waals surface area (Å²) in [6.07, 6.45) is 8.94. The minimum Gasteiger partial charge on any atom is -0.345 e. The van der Waals surface area contributed by atoms with Crippen LogP contribution in [0.5, 0.6) is 0 Å². The zero-order chi connectivity index (χ0) is 23.7. The van der Waals surface area contributed by atoms with Crippen molar-refractivity contribution < 1.29 is 9.36 Å². The Bertz CT molecular complexity index is 1220. The topological polar surface area (TPSA) is 58.1 Å². The van der Waals surface area contributed by atoms with Crippen LogP contribution in [0, 0.1) is 13.8 Å². The number of hydrogen-bond donors (Lipinski definition) is 0. The lowest BCUT2D eigenvalue weighted by atomic mass is 9.95. The molecule has 1 aliphatic rings. The third-order valence-electron chi connectivity index (χ3n) is 6.06. The SMILES string of the molecule is CCc1cc(C)cc(C(=O)N(C)C)c1/C=C/c1cnc(N2CCn3nc(C)cc3C2)[n+](C)c1. The van der Waals surface area contributed by atoms with Crippen molar-refractivity contribution in [2.24, 2.45) is 7.05 Å². The van der Waals surface area contributed by atoms with Crippen LogP contribution < -0.4 is 9.47 Å². The molecule has 0 unspecified atom stereocenters. The quantitative estimate of drug-likeness (QED) is 0.566. The van der Waals surface area contributed by atoms with Gasteiger partial charge in [0, 0.05) is 25.2 Å². The number of benzene rings is 1. The summed E-state index contributed by atoms with van der Waals surface area (Å²) in [4.78, 5) is 21.5. The second-order valence-electron chi connectivity index (χ2n) is 8.99. The van der Waals surface area contributed by atoms with Gasteiger partial charge in [0.2, 0.25) is 0 Å². The van der Waals surface area contributed by atoms with E-state index in [2.05, 4.69) is 44.5 Å². The van der Waals surface area contributed by atoms with Gasteiger partial charge in [-0.25, -0.2) is 4.57 Å². The summed E-state index contributed by atoms with van der Waals surface area (Å²) in [5.74, 6) is 0.956. The van der Waals surface area contributed by atoms with Gasteiger partial charge in [-0.15, -0.1) is 0 Å². The first-order valence-corrected chi connectivity index (χ1v) is 11.4. The summed E-state index contributed by atoms with van der Waals surface area (Å²) in [6, 6.07) is 6.28. The molecule has 0 saturated carbocycles. The standard InChI is InChI=1S/C26H33N6O/c1-7-21-12-18(2)13-24(25(33)29(4)5)23(21)9-8-20-15-27-26(30(6)16-20)31-10-11-32-22(17-31)14-19(3)28-32/h8-9,12-16H,7,10-11,17H2,1-6H3/q+1/b9-8+. The van der Waals surface area contributed by atoms with E-state index in [0.717, 1.165) is 60.0 Å². The molecule has 0 aliphatic carbocycles. The molecule has 0 N–H and O–H groups in total. The van der Waals surface area contributed by atoms with Gasteiger partial charge >= 0.3 is 5.95 Å². The number of aromatic nitrogens is 4. The average molecular weight is 446 g/mol. The number of carbonyl (C=O) groups is 1. The molecule has 7 nitrogen and oxygen atoms in total. The van der Waals surface area contributed by atoms with Crippen molar-refractivity contribution >= 4 is 24.0 Å². The Morgan fingerprint density at radius 2 is 1.97 bits per heavy atom. The van der Waals surface area contributed by atoms with E-state index in [1.54, 1.807) is 19.0 Å². The van der Waals surface area contributed by atoms with E-state index in [0.29, 0.717) is 0 Å². The zero-order valence-corrected chi connectivity index (χ0v) is 20.5. The fraction of sp³-hybridized carbons (Fsp3) is 0.385. The number of carbonyl (C=O) groups excluding carboxylic acids is 1. The largest absolute Gasteiger partial charge is 0.394 e. The van der Waals surface area contributed by atoms with Crippen LogP contribution in [0.25, 0.3) is 12.2 Å². The Kier molecular flexibility index (Phi) is 6.31. The molecule has 0 atom stereocenters. The number of fused-ring (bicyclic) bond motifs is 1. The van der Waals surface area contributed by atoms with Gasteiger partial charge < -0.3 is 4.90 Å². The van der Waals surface area contributed by atoms with E-state index in [4.69, 9.17) is 4.98 Å². The molecular weight excluding hydrogens is 412 g/mol. The molecule has 2 aromatic heterocycles. The molecule has 0 spiro atoms. The average Bonchev–Trinajstić information content (AvgIpc) is 3.16. The van der Waals surface area contributed by atoms with Gasteiger partial charge in [0.1, 0.15) is 12.7 Å². The lowest BCUT2D eigenvalue weighted by molar-refractivity contribution is -0.661. The number of rotatable bonds is 5. The lowest BCUT2D eigenvalue weighted by Crippen LogP contribution is -2.44. The fourth-order valence-electron chi connectivity index (χ4n) is 4.47. The highest BCUT2D eigenvalue weighted by Gasteiger charge is 2.26. The number of nitrogens with zero attached hydrogens (tertiary/aromatic N) is 6. The highest BCUT2D eigenvalue weighted by Crippen LogP contribution is 2.23. The third-order valence-corrected chi connectivity index (χ3v) is 6.06. The van der Waals surface area contributed by atoms with Gasteiger partial charge in [0.15, 0.2) is 0 Å². The second kappa shape index (κ2) is 9.17. The zero-order valence-electron chi connectivity index (χ0n) is 20.5. The maximum absolute atomic E-state index is 12.8. The molecule has 4 rings (SSSR count). The van der Waals surface area contributed by atoms with Crippen molar-refractivity contribution in [2.75, 3.05) is 25.5 Å². The Morgan fingerprint density at radius 1 is 1.18 bits per heavy atom. The first kappa shape index (κ1) is 22.7. The van der Waals surface area contributed by atoms with Gasteiger partial charge in [0.05, 0.1) is 37.7 Å². The van der Waals surface area contributed by atoms with Gasteiger partial charge in [0.25, 0.3) is 5.91 Å². The molecule has 172 valence electrons. The summed E-state index contributed by atoms with van der Waals surface area (Å²) in [5, 5.41) is 4.55. The molecule has 3 aromatic rings. The van der Waals surface area contributed by atoms with Gasteiger partial charge in [-0.3, -0.25) is 14.4 Å². The van der Waals surface area contributed by atoms with Crippen molar-refractivity contribution in [3.05, 3.63) is 69.8 Å². The van der Waals surface area contributed by atoms with Crippen molar-refractivity contribution in [3.63, 3.8) is 0 Å². The summed E-state index contributed by atoms with van der Waals surface area (Å²) in [5.41, 5.74) is 7.25. The van der Waals surface area contributed by atoms with Crippen molar-refractivity contribution in [3.8, 4) is 0 Å². The Balaban J connectivity index is 1.61. The van der Waals surface area contributed by atoms with Gasteiger partial charge in [-0.2, -0.15) is 5.10 Å². The first-order valence-electron chi connectivity index (χ1n) is 11.4. The Hall–Kier alpha value is -3.48. The van der Waals surface area contributed by atoms with E-state index in [9.17, 15) is 4.79 Å². The van der Waals surface area contributed by atoms with Crippen LogP contribution in [-0.2, 0) is 26.6 Å². The predicted molar refractivity (Wildman–Crippen MR) is 131 cm³/mol. The first-order chi connectivity index (χ1) is 15.8. The molecule has 0 radical (unpaired) electrons. The van der Waals surface area contributed by atoms with Crippen LogP contribution in [-0.4, -0.2) is 46.2 Å². The molecule has 7 heteroatoms. The van der Waals surface area contributed by atoms with Crippen molar-refractivity contribution in [1.82, 2.24) is 19.7 Å². The van der Waals surface area contributed by atoms with Crippen LogP contribution in [0.15, 0.2) is 30.6 Å². The summed E-state index contributed by atoms with van der Waals surface area (Å²) in [7, 11) is 5.61. The van der Waals surface area contributed by atoms with Crippen molar-refractivity contribution in [2.45, 2.75) is 40.3 Å². The summed E-state index contributed by atoms with van der Waals surface area (Å²) in [6.45, 7) is 8.74. The smallest absolute Gasteiger partial charge is 0.345 e. The Labute approximate surface area is 196 Å². The van der Waals surface area contributed by atoms with Crippen LogP contribution in [0.1, 0.15) is 50.9 Å². The number of aryl methyl sites for hydroxylation is 4. The van der Waals surface area contributed by atoms with Gasteiger partial charge in [-0.1, -0.05) is 29.6 Å². The highest BCUT2D eigenvalue weighted by molar-refractivity contribution is 5.99. The maximum Gasteiger partial charge on any atom is 0.394 e. The highest BCUT2D eigenvalue weighted by atomic mass is 16.2. The summed E-state index contributed by atoms with van der Waals surface area (Å²) >= 11 is 0. The van der Waals surface area contributed by atoms with Crippen LogP contribution >= 0.6 is 0 Å². The molecule has 0 fully saturated rings. The lowest BCUT2D eigenvalue weighted by Gasteiger charge is -2.23. The molecule has 1 aliphatic heterocycles. The van der Waals surface area contributed by atoms with Crippen LogP contribution in [0.2, 0.25) is 0 Å². The number of hydrogen-bond acceptors (Lipinski definition) is 4. The van der Waals surface area contributed by atoms with E-state index < -0.39 is 0 Å². The van der Waals surface area contributed by atoms with E-state index >= 15 is 0 Å². The predicted octanol–water partition coefficient (Wildman–Crippen LogP) is 3.17.